The van der Waals surface area contributed by atoms with Crippen LogP contribution in [0.4, 0.5) is 0 Å². The number of imide groups is 1. The van der Waals surface area contributed by atoms with Crippen molar-refractivity contribution < 1.29 is 24.0 Å². The topological polar surface area (TPSA) is 96.7 Å². The van der Waals surface area contributed by atoms with Crippen molar-refractivity contribution in [3.8, 4) is 11.8 Å². The van der Waals surface area contributed by atoms with Gasteiger partial charge in [0.1, 0.15) is 11.8 Å². The van der Waals surface area contributed by atoms with Crippen molar-refractivity contribution in [1.82, 2.24) is 5.06 Å². The van der Waals surface area contributed by atoms with Crippen LogP contribution in [-0.2, 0) is 16.1 Å². The number of amides is 2. The molecule has 0 spiro atoms. The van der Waals surface area contributed by atoms with Gasteiger partial charge in [-0.1, -0.05) is 29.3 Å². The van der Waals surface area contributed by atoms with Crippen molar-refractivity contribution >= 4 is 17.8 Å². The largest absolute Gasteiger partial charge is 0.479 e. The summed E-state index contributed by atoms with van der Waals surface area (Å²) in [4.78, 5) is 41.3. The predicted octanol–water partition coefficient (Wildman–Crippen LogP) is 1.89. The van der Waals surface area contributed by atoms with Crippen molar-refractivity contribution in [2.75, 3.05) is 6.61 Å². The van der Waals surface area contributed by atoms with Crippen LogP contribution < -0.4 is 4.74 Å². The highest BCUT2D eigenvalue weighted by atomic mass is 16.7. The Bertz CT molecular complexity index is 865. The Morgan fingerprint density at radius 2 is 1.72 bits per heavy atom. The molecule has 0 saturated carbocycles. The van der Waals surface area contributed by atoms with E-state index in [0.717, 1.165) is 0 Å². The summed E-state index contributed by atoms with van der Waals surface area (Å²) in [5.74, 6) is -1.65. The number of fused-ring (bicyclic) bond motifs is 1. The first-order chi connectivity index (χ1) is 12.1. The van der Waals surface area contributed by atoms with Gasteiger partial charge in [-0.2, -0.15) is 5.26 Å². The van der Waals surface area contributed by atoms with Crippen LogP contribution in [0.2, 0.25) is 0 Å². The van der Waals surface area contributed by atoms with Gasteiger partial charge in [0.05, 0.1) is 17.5 Å². The highest BCUT2D eigenvalue weighted by Gasteiger charge is 2.38. The second-order valence-corrected chi connectivity index (χ2v) is 5.18. The SMILES string of the molecule is N#CCOc1cccc(CC(=O)ON2C(=O)c3ccccc3C2=O)c1. The van der Waals surface area contributed by atoms with E-state index in [1.165, 1.54) is 12.1 Å². The van der Waals surface area contributed by atoms with E-state index in [1.807, 2.05) is 6.07 Å². The highest BCUT2D eigenvalue weighted by molar-refractivity contribution is 6.20. The van der Waals surface area contributed by atoms with E-state index in [4.69, 9.17) is 14.8 Å². The summed E-state index contributed by atoms with van der Waals surface area (Å²) in [6.07, 6.45) is -0.156. The van der Waals surface area contributed by atoms with Gasteiger partial charge < -0.3 is 9.57 Å². The lowest BCUT2D eigenvalue weighted by Crippen LogP contribution is -2.33. The lowest BCUT2D eigenvalue weighted by molar-refractivity contribution is -0.167. The van der Waals surface area contributed by atoms with Crippen molar-refractivity contribution in [2.45, 2.75) is 6.42 Å². The molecule has 25 heavy (non-hydrogen) atoms. The minimum absolute atomic E-state index is 0.108. The van der Waals surface area contributed by atoms with Gasteiger partial charge >= 0.3 is 5.97 Å². The molecule has 2 aromatic rings. The molecule has 7 heteroatoms. The smallest absolute Gasteiger partial charge is 0.337 e. The molecule has 3 rings (SSSR count). The van der Waals surface area contributed by atoms with Gasteiger partial charge in [0.15, 0.2) is 6.61 Å². The number of benzene rings is 2. The van der Waals surface area contributed by atoms with Crippen molar-refractivity contribution in [1.29, 1.82) is 5.26 Å². The predicted molar refractivity (Wildman–Crippen MR) is 84.3 cm³/mol. The first kappa shape index (κ1) is 16.2. The Hall–Kier alpha value is -3.66. The average molecular weight is 336 g/mol. The summed E-state index contributed by atoms with van der Waals surface area (Å²) in [5.41, 5.74) is 0.969. The third kappa shape index (κ3) is 3.33. The second kappa shape index (κ2) is 6.84. The van der Waals surface area contributed by atoms with E-state index in [2.05, 4.69) is 0 Å². The van der Waals surface area contributed by atoms with Crippen LogP contribution in [0.3, 0.4) is 0 Å². The Balaban J connectivity index is 1.67. The lowest BCUT2D eigenvalue weighted by Gasteiger charge is -2.13. The van der Waals surface area contributed by atoms with Crippen molar-refractivity contribution in [3.05, 3.63) is 65.2 Å². The molecule has 0 N–H and O–H groups in total. The molecule has 0 aromatic heterocycles. The normalized spacial score (nSPS) is 12.5. The van der Waals surface area contributed by atoms with Gasteiger partial charge in [0.25, 0.3) is 11.8 Å². The maximum Gasteiger partial charge on any atom is 0.337 e. The highest BCUT2D eigenvalue weighted by Crippen LogP contribution is 2.23. The van der Waals surface area contributed by atoms with Gasteiger partial charge in [0, 0.05) is 0 Å². The minimum atomic E-state index is -0.757. The number of rotatable bonds is 5. The molecule has 0 unspecified atom stereocenters. The molecule has 2 aromatic carbocycles. The zero-order chi connectivity index (χ0) is 17.8. The quantitative estimate of drug-likeness (QED) is 0.774. The van der Waals surface area contributed by atoms with E-state index >= 15 is 0 Å². The van der Waals surface area contributed by atoms with Crippen LogP contribution in [0.15, 0.2) is 48.5 Å². The first-order valence-electron chi connectivity index (χ1n) is 7.37. The van der Waals surface area contributed by atoms with Crippen LogP contribution in [0, 0.1) is 11.3 Å². The molecule has 0 fully saturated rings. The van der Waals surface area contributed by atoms with Gasteiger partial charge in [0.2, 0.25) is 0 Å². The number of nitrogens with zero attached hydrogens (tertiary/aromatic N) is 2. The number of hydrogen-bond donors (Lipinski definition) is 0. The zero-order valence-corrected chi connectivity index (χ0v) is 13.0. The van der Waals surface area contributed by atoms with Gasteiger partial charge in [-0.25, -0.2) is 4.79 Å². The number of carbonyl (C=O) groups excluding carboxylic acids is 3. The third-order valence-electron chi connectivity index (χ3n) is 3.50. The molecular weight excluding hydrogens is 324 g/mol. The Kier molecular flexibility index (Phi) is 4.44. The fraction of sp³-hybridized carbons (Fsp3) is 0.111. The van der Waals surface area contributed by atoms with Crippen molar-refractivity contribution in [3.63, 3.8) is 0 Å². The molecular formula is C18H12N2O5. The number of nitriles is 1. The molecule has 0 radical (unpaired) electrons. The molecule has 7 nitrogen and oxygen atoms in total. The fourth-order valence-electron chi connectivity index (χ4n) is 2.41. The number of hydrogen-bond acceptors (Lipinski definition) is 6. The van der Waals surface area contributed by atoms with Gasteiger partial charge in [-0.05, 0) is 29.8 Å². The Morgan fingerprint density at radius 3 is 2.36 bits per heavy atom. The molecule has 124 valence electrons. The van der Waals surface area contributed by atoms with E-state index in [-0.39, 0.29) is 24.2 Å². The van der Waals surface area contributed by atoms with Gasteiger partial charge in [-0.3, -0.25) is 9.59 Å². The molecule has 1 aliphatic heterocycles. The van der Waals surface area contributed by atoms with Crippen LogP contribution in [0.1, 0.15) is 26.3 Å². The summed E-state index contributed by atoms with van der Waals surface area (Å²) in [6.45, 7) is -0.108. The molecule has 1 aliphatic rings. The molecule has 0 bridgehead atoms. The summed E-state index contributed by atoms with van der Waals surface area (Å²) in [6, 6.07) is 14.7. The van der Waals surface area contributed by atoms with Gasteiger partial charge in [-0.15, -0.1) is 0 Å². The Labute approximate surface area is 142 Å². The van der Waals surface area contributed by atoms with E-state index in [1.54, 1.807) is 36.4 Å². The van der Waals surface area contributed by atoms with E-state index in [9.17, 15) is 14.4 Å². The maximum atomic E-state index is 12.1. The average Bonchev–Trinajstić information content (AvgIpc) is 2.85. The molecule has 0 atom stereocenters. The van der Waals surface area contributed by atoms with Crippen LogP contribution in [0.25, 0.3) is 0 Å². The monoisotopic (exact) mass is 336 g/mol. The van der Waals surface area contributed by atoms with Crippen molar-refractivity contribution in [2.24, 2.45) is 0 Å². The molecule has 1 heterocycles. The number of carbonyl (C=O) groups is 3. The zero-order valence-electron chi connectivity index (χ0n) is 13.0. The minimum Gasteiger partial charge on any atom is -0.479 e. The van der Waals surface area contributed by atoms with E-state index in [0.29, 0.717) is 16.4 Å². The third-order valence-corrected chi connectivity index (χ3v) is 3.50. The standard InChI is InChI=1S/C18H12N2O5/c19-8-9-24-13-5-3-4-12(10-13)11-16(21)25-20-17(22)14-6-1-2-7-15(14)18(20)23/h1-7,10H,9,11H2. The van der Waals surface area contributed by atoms with E-state index < -0.39 is 17.8 Å². The second-order valence-electron chi connectivity index (χ2n) is 5.18. The number of ether oxygens (including phenoxy) is 1. The maximum absolute atomic E-state index is 12.1. The van der Waals surface area contributed by atoms with Crippen LogP contribution in [0.5, 0.6) is 5.75 Å². The first-order valence-corrected chi connectivity index (χ1v) is 7.37. The fourth-order valence-corrected chi connectivity index (χ4v) is 2.41. The summed E-state index contributed by atoms with van der Waals surface area (Å²) in [5, 5.41) is 8.98. The van der Waals surface area contributed by atoms with Crippen LogP contribution >= 0.6 is 0 Å². The summed E-state index contributed by atoms with van der Waals surface area (Å²) >= 11 is 0. The molecule has 0 saturated heterocycles. The summed E-state index contributed by atoms with van der Waals surface area (Å²) in [7, 11) is 0. The molecule has 2 amide bonds. The summed E-state index contributed by atoms with van der Waals surface area (Å²) < 4.78 is 5.16. The lowest BCUT2D eigenvalue weighted by atomic mass is 10.1. The van der Waals surface area contributed by atoms with Crippen LogP contribution in [-0.4, -0.2) is 29.5 Å². The number of hydroxylamine groups is 2. The molecule has 0 aliphatic carbocycles. The Morgan fingerprint density at radius 1 is 1.04 bits per heavy atom.